The van der Waals surface area contributed by atoms with E-state index in [0.717, 1.165) is 17.0 Å². The molecule has 0 unspecified atom stereocenters. The summed E-state index contributed by atoms with van der Waals surface area (Å²) in [6, 6.07) is 8.59. The Hall–Kier alpha value is -4.09. The van der Waals surface area contributed by atoms with Crippen molar-refractivity contribution in [2.24, 2.45) is 5.92 Å². The molecule has 0 saturated heterocycles. The Labute approximate surface area is 262 Å². The lowest BCUT2D eigenvalue weighted by Crippen LogP contribution is -2.37. The number of hydrogen-bond acceptors (Lipinski definition) is 6. The third-order valence-electron chi connectivity index (χ3n) is 7.91. The number of ketones is 1. The van der Waals surface area contributed by atoms with Crippen LogP contribution in [0.3, 0.4) is 0 Å². The number of thiophene rings is 1. The second-order valence-electron chi connectivity index (χ2n) is 10.8. The Morgan fingerprint density at radius 1 is 1.11 bits per heavy atom. The third kappa shape index (κ3) is 6.25. The maximum atomic E-state index is 14.8. The number of nitrogens with zero attached hydrogens (tertiary/aromatic N) is 1. The van der Waals surface area contributed by atoms with Crippen LogP contribution in [-0.2, 0) is 14.3 Å². The molecule has 230 valence electrons. The van der Waals surface area contributed by atoms with Gasteiger partial charge in [-0.1, -0.05) is 31.0 Å². The number of ether oxygens (including phenoxy) is 1. The van der Waals surface area contributed by atoms with E-state index in [1.54, 1.807) is 23.1 Å². The van der Waals surface area contributed by atoms with E-state index in [2.05, 4.69) is 15.4 Å². The molecule has 2 aliphatic rings. The maximum absolute atomic E-state index is 14.8. The smallest absolute Gasteiger partial charge is 0.411 e. The highest BCUT2D eigenvalue weighted by Gasteiger charge is 2.33. The van der Waals surface area contributed by atoms with E-state index in [4.69, 9.17) is 11.6 Å². The van der Waals surface area contributed by atoms with Crippen molar-refractivity contribution < 1.29 is 32.7 Å². The number of methoxy groups -OCH3 is 1. The Bertz CT molecular complexity index is 1700. The van der Waals surface area contributed by atoms with Crippen LogP contribution in [0.1, 0.15) is 65.7 Å². The van der Waals surface area contributed by atoms with Crippen molar-refractivity contribution in [3.8, 4) is 11.1 Å². The van der Waals surface area contributed by atoms with Crippen molar-refractivity contribution in [2.75, 3.05) is 24.3 Å². The summed E-state index contributed by atoms with van der Waals surface area (Å²) < 4.78 is 34.1. The van der Waals surface area contributed by atoms with E-state index < -0.39 is 29.7 Å². The summed E-state index contributed by atoms with van der Waals surface area (Å²) in [7, 11) is 1.24. The Kier molecular flexibility index (Phi) is 9.17. The molecule has 3 aromatic rings. The number of fused-ring (bicyclic) bond motifs is 4. The number of Topliss-reactive ketones (excluding diaryl/α,β-unsaturated/α-hetero) is 1. The maximum Gasteiger partial charge on any atom is 0.411 e. The molecule has 0 radical (unpaired) electrons. The first-order chi connectivity index (χ1) is 21.0. The van der Waals surface area contributed by atoms with Crippen molar-refractivity contribution in [3.63, 3.8) is 0 Å². The van der Waals surface area contributed by atoms with Gasteiger partial charge in [0.05, 0.1) is 34.3 Å². The van der Waals surface area contributed by atoms with E-state index in [0.29, 0.717) is 46.6 Å². The van der Waals surface area contributed by atoms with Gasteiger partial charge < -0.3 is 15.0 Å². The number of hydrogen-bond donors (Lipinski definition) is 2. The van der Waals surface area contributed by atoms with Crippen molar-refractivity contribution in [1.82, 2.24) is 4.90 Å². The molecule has 0 fully saturated rings. The van der Waals surface area contributed by atoms with E-state index in [1.807, 2.05) is 13.0 Å². The minimum Gasteiger partial charge on any atom is -0.453 e. The molecule has 0 spiro atoms. The standard InChI is InChI=1S/C32H30ClF2N3O5S/c1-16-5-4-6-25(38-12-11-18(13-27(38)40)28-23(34)10-9-22(33)29(28)35)26-15-21(30(44-26)17(2)39)20-8-7-19(36-32(42)43-3)14-24(20)37-31(16)41/h7-10,13-16,25H,4-6,11-12H2,1-3H3,(H,36,42)(H,37,41)/t16-,25+/m1/s1. The number of amides is 3. The van der Waals surface area contributed by atoms with Crippen LogP contribution in [0.4, 0.5) is 25.0 Å². The molecule has 2 atom stereocenters. The predicted molar refractivity (Wildman–Crippen MR) is 166 cm³/mol. The average molecular weight is 642 g/mol. The molecular formula is C32H30ClF2N3O5S. The zero-order valence-electron chi connectivity index (χ0n) is 24.3. The first-order valence-corrected chi connectivity index (χ1v) is 15.3. The van der Waals surface area contributed by atoms with Crippen molar-refractivity contribution in [3.05, 3.63) is 74.4 Å². The van der Waals surface area contributed by atoms with Crippen LogP contribution in [0, 0.1) is 17.6 Å². The van der Waals surface area contributed by atoms with Crippen LogP contribution in [0.2, 0.25) is 5.02 Å². The highest BCUT2D eigenvalue weighted by Crippen LogP contribution is 2.44. The van der Waals surface area contributed by atoms with E-state index in [-0.39, 0.29) is 46.7 Å². The third-order valence-corrected chi connectivity index (χ3v) is 9.53. The molecule has 44 heavy (non-hydrogen) atoms. The number of anilines is 2. The van der Waals surface area contributed by atoms with Crippen LogP contribution >= 0.6 is 22.9 Å². The largest absolute Gasteiger partial charge is 0.453 e. The fraction of sp³-hybridized carbons (Fsp3) is 0.312. The fourth-order valence-corrected chi connectivity index (χ4v) is 6.98. The number of nitrogens with one attached hydrogen (secondary N) is 2. The summed E-state index contributed by atoms with van der Waals surface area (Å²) in [6.45, 7) is 3.46. The number of rotatable bonds is 4. The van der Waals surface area contributed by atoms with Gasteiger partial charge in [-0.05, 0) is 62.1 Å². The number of carbonyl (C=O) groups is 4. The molecule has 3 amide bonds. The van der Waals surface area contributed by atoms with E-state index in [1.165, 1.54) is 31.4 Å². The lowest BCUT2D eigenvalue weighted by molar-refractivity contribution is -0.129. The molecule has 2 N–H and O–H groups in total. The number of benzene rings is 2. The lowest BCUT2D eigenvalue weighted by Gasteiger charge is -2.34. The van der Waals surface area contributed by atoms with Crippen LogP contribution < -0.4 is 10.6 Å². The second kappa shape index (κ2) is 12.9. The van der Waals surface area contributed by atoms with Gasteiger partial charge in [0.1, 0.15) is 5.82 Å². The second-order valence-corrected chi connectivity index (χ2v) is 12.3. The molecular weight excluding hydrogens is 612 g/mol. The number of halogens is 3. The summed E-state index contributed by atoms with van der Waals surface area (Å²) in [5.74, 6) is -2.91. The van der Waals surface area contributed by atoms with E-state index in [9.17, 15) is 28.0 Å². The predicted octanol–water partition coefficient (Wildman–Crippen LogP) is 7.84. The number of carbonyl (C=O) groups excluding carboxylic acids is 4. The van der Waals surface area contributed by atoms with Crippen molar-refractivity contribution in [2.45, 2.75) is 45.6 Å². The summed E-state index contributed by atoms with van der Waals surface area (Å²) in [6.07, 6.45) is 2.41. The monoisotopic (exact) mass is 641 g/mol. The summed E-state index contributed by atoms with van der Waals surface area (Å²) in [5.41, 5.74) is 1.88. The quantitative estimate of drug-likeness (QED) is 0.223. The van der Waals surface area contributed by atoms with Gasteiger partial charge in [0, 0.05) is 40.2 Å². The molecule has 5 rings (SSSR count). The zero-order valence-corrected chi connectivity index (χ0v) is 25.8. The first-order valence-electron chi connectivity index (χ1n) is 14.1. The van der Waals surface area contributed by atoms with Crippen molar-refractivity contribution >= 4 is 63.6 Å². The normalized spacial score (nSPS) is 18.8. The van der Waals surface area contributed by atoms with Gasteiger partial charge in [0.25, 0.3) is 0 Å². The Morgan fingerprint density at radius 2 is 1.89 bits per heavy atom. The highest BCUT2D eigenvalue weighted by atomic mass is 35.5. The Morgan fingerprint density at radius 3 is 2.59 bits per heavy atom. The minimum absolute atomic E-state index is 0.189. The SMILES string of the molecule is COC(=O)Nc1ccc2c(c1)NC(=O)[C@H](C)CCC[C@H](N1CCC(c3c(F)ccc(Cl)c3F)=CC1=O)c1cc-2c(C(C)=O)s1. The van der Waals surface area contributed by atoms with Crippen LogP contribution in [0.25, 0.3) is 16.7 Å². The molecule has 1 aromatic heterocycles. The minimum atomic E-state index is -0.907. The van der Waals surface area contributed by atoms with Crippen LogP contribution in [-0.4, -0.2) is 42.2 Å². The molecule has 3 heterocycles. The van der Waals surface area contributed by atoms with Crippen LogP contribution in [0.5, 0.6) is 0 Å². The summed E-state index contributed by atoms with van der Waals surface area (Å²) >= 11 is 7.17. The topological polar surface area (TPSA) is 105 Å². The molecule has 8 nitrogen and oxygen atoms in total. The average Bonchev–Trinajstić information content (AvgIpc) is 3.43. The zero-order chi connectivity index (χ0) is 31.7. The van der Waals surface area contributed by atoms with Gasteiger partial charge >= 0.3 is 6.09 Å². The van der Waals surface area contributed by atoms with Gasteiger partial charge in [0.15, 0.2) is 11.6 Å². The summed E-state index contributed by atoms with van der Waals surface area (Å²) in [4.78, 5) is 54.4. The van der Waals surface area contributed by atoms with E-state index >= 15 is 0 Å². The Balaban J connectivity index is 1.58. The molecule has 2 bridgehead atoms. The fourth-order valence-electron chi connectivity index (χ4n) is 5.60. The van der Waals surface area contributed by atoms with Crippen LogP contribution in [0.15, 0.2) is 42.5 Å². The van der Waals surface area contributed by atoms with Gasteiger partial charge in [-0.15, -0.1) is 11.3 Å². The molecule has 2 aromatic carbocycles. The van der Waals surface area contributed by atoms with Crippen molar-refractivity contribution in [1.29, 1.82) is 0 Å². The molecule has 0 aliphatic carbocycles. The molecule has 12 heteroatoms. The van der Waals surface area contributed by atoms with Gasteiger partial charge in [-0.2, -0.15) is 0 Å². The first kappa shape index (κ1) is 31.3. The molecule has 0 saturated carbocycles. The highest BCUT2D eigenvalue weighted by molar-refractivity contribution is 7.14. The van der Waals surface area contributed by atoms with Gasteiger partial charge in [0.2, 0.25) is 11.8 Å². The molecule has 2 aliphatic heterocycles. The lowest BCUT2D eigenvalue weighted by atomic mass is 9.93. The van der Waals surface area contributed by atoms with Gasteiger partial charge in [-0.3, -0.25) is 19.7 Å². The summed E-state index contributed by atoms with van der Waals surface area (Å²) in [5, 5.41) is 5.32. The van der Waals surface area contributed by atoms with Gasteiger partial charge in [-0.25, -0.2) is 13.6 Å².